The molecule has 1 aromatic heterocycles. The first kappa shape index (κ1) is 12.0. The number of hydrogen-bond acceptors (Lipinski definition) is 4. The van der Waals surface area contributed by atoms with E-state index in [1.54, 1.807) is 12.4 Å². The molecule has 0 aliphatic heterocycles. The molecule has 0 spiro atoms. The van der Waals surface area contributed by atoms with Crippen molar-refractivity contribution in [1.82, 2.24) is 9.88 Å². The molecular formula is C13H18N2O2. The van der Waals surface area contributed by atoms with Gasteiger partial charge in [-0.3, -0.25) is 9.78 Å². The highest BCUT2D eigenvalue weighted by Gasteiger charge is 2.51. The smallest absolute Gasteiger partial charge is 0.313 e. The van der Waals surface area contributed by atoms with Crippen LogP contribution in [0.2, 0.25) is 0 Å². The van der Waals surface area contributed by atoms with E-state index in [1.165, 1.54) is 12.7 Å². The van der Waals surface area contributed by atoms with Crippen LogP contribution in [-0.2, 0) is 16.1 Å². The summed E-state index contributed by atoms with van der Waals surface area (Å²) in [4.78, 5) is 17.8. The Labute approximate surface area is 102 Å². The van der Waals surface area contributed by atoms with Gasteiger partial charge < -0.3 is 9.64 Å². The molecule has 4 heteroatoms. The number of carbonyl (C=O) groups is 1. The molecule has 0 bridgehead atoms. The first-order chi connectivity index (χ1) is 8.16. The van der Waals surface area contributed by atoms with Gasteiger partial charge in [-0.05, 0) is 37.6 Å². The fourth-order valence-electron chi connectivity index (χ4n) is 2.17. The molecule has 0 radical (unpaired) electrons. The molecule has 1 aliphatic carbocycles. The number of methoxy groups -OCH3 is 1. The molecule has 1 fully saturated rings. The third-order valence-electron chi connectivity index (χ3n) is 3.25. The Kier molecular flexibility index (Phi) is 3.43. The van der Waals surface area contributed by atoms with Gasteiger partial charge in [0, 0.05) is 25.5 Å². The van der Waals surface area contributed by atoms with Crippen molar-refractivity contribution in [1.29, 1.82) is 0 Å². The third kappa shape index (κ3) is 2.82. The SMILES string of the molecule is COC(=O)C1(CN(C)Cc2ccncc2)CC1. The maximum atomic E-state index is 11.6. The van der Waals surface area contributed by atoms with E-state index in [-0.39, 0.29) is 11.4 Å². The van der Waals surface area contributed by atoms with Gasteiger partial charge in [0.15, 0.2) is 0 Å². The van der Waals surface area contributed by atoms with Crippen LogP contribution in [0.4, 0.5) is 0 Å². The van der Waals surface area contributed by atoms with Crippen molar-refractivity contribution in [2.24, 2.45) is 5.41 Å². The lowest BCUT2D eigenvalue weighted by Gasteiger charge is -2.21. The minimum atomic E-state index is -0.240. The summed E-state index contributed by atoms with van der Waals surface area (Å²) in [5.41, 5.74) is 0.972. The molecule has 0 aromatic carbocycles. The summed E-state index contributed by atoms with van der Waals surface area (Å²) in [6.07, 6.45) is 5.47. The first-order valence-corrected chi connectivity index (χ1v) is 5.82. The molecule has 1 saturated carbocycles. The maximum Gasteiger partial charge on any atom is 0.313 e. The molecule has 0 amide bonds. The number of nitrogens with zero attached hydrogens (tertiary/aromatic N) is 2. The van der Waals surface area contributed by atoms with Crippen LogP contribution in [0.1, 0.15) is 18.4 Å². The van der Waals surface area contributed by atoms with Gasteiger partial charge in [0.2, 0.25) is 0 Å². The lowest BCUT2D eigenvalue weighted by atomic mass is 10.1. The van der Waals surface area contributed by atoms with Gasteiger partial charge in [-0.15, -0.1) is 0 Å². The van der Waals surface area contributed by atoms with Crippen LogP contribution in [-0.4, -0.2) is 36.6 Å². The molecule has 0 saturated heterocycles. The van der Waals surface area contributed by atoms with E-state index in [4.69, 9.17) is 4.74 Å². The predicted molar refractivity (Wildman–Crippen MR) is 64.3 cm³/mol. The van der Waals surface area contributed by atoms with Gasteiger partial charge in [-0.2, -0.15) is 0 Å². The van der Waals surface area contributed by atoms with Crippen LogP contribution < -0.4 is 0 Å². The molecule has 0 N–H and O–H groups in total. The largest absolute Gasteiger partial charge is 0.469 e. The van der Waals surface area contributed by atoms with E-state index in [2.05, 4.69) is 9.88 Å². The zero-order valence-electron chi connectivity index (χ0n) is 10.3. The monoisotopic (exact) mass is 234 g/mol. The summed E-state index contributed by atoms with van der Waals surface area (Å²) in [6, 6.07) is 3.99. The molecule has 92 valence electrons. The van der Waals surface area contributed by atoms with E-state index in [0.717, 1.165) is 25.9 Å². The minimum absolute atomic E-state index is 0.0703. The zero-order valence-corrected chi connectivity index (χ0v) is 10.3. The summed E-state index contributed by atoms with van der Waals surface area (Å²) in [7, 11) is 3.49. The second-order valence-corrected chi connectivity index (χ2v) is 4.80. The van der Waals surface area contributed by atoms with E-state index >= 15 is 0 Å². The lowest BCUT2D eigenvalue weighted by molar-refractivity contribution is -0.147. The number of hydrogen-bond donors (Lipinski definition) is 0. The van der Waals surface area contributed by atoms with Crippen LogP contribution in [0.3, 0.4) is 0 Å². The fraction of sp³-hybridized carbons (Fsp3) is 0.538. The average Bonchev–Trinajstić information content (AvgIpc) is 3.10. The number of esters is 1. The summed E-state index contributed by atoms with van der Waals surface area (Å²) < 4.78 is 4.85. The van der Waals surface area contributed by atoms with Crippen molar-refractivity contribution < 1.29 is 9.53 Å². The van der Waals surface area contributed by atoms with Crippen LogP contribution in [0.15, 0.2) is 24.5 Å². The summed E-state index contributed by atoms with van der Waals surface area (Å²) in [5.74, 6) is -0.0703. The Morgan fingerprint density at radius 3 is 2.65 bits per heavy atom. The highest BCUT2D eigenvalue weighted by Crippen LogP contribution is 2.47. The van der Waals surface area contributed by atoms with Crippen molar-refractivity contribution in [2.75, 3.05) is 20.7 Å². The van der Waals surface area contributed by atoms with Gasteiger partial charge in [-0.1, -0.05) is 0 Å². The Balaban J connectivity index is 1.90. The predicted octanol–water partition coefficient (Wildman–Crippen LogP) is 1.47. The molecule has 1 aromatic rings. The van der Waals surface area contributed by atoms with Crippen molar-refractivity contribution in [3.8, 4) is 0 Å². The average molecular weight is 234 g/mol. The molecule has 4 nitrogen and oxygen atoms in total. The standard InChI is InChI=1S/C13H18N2O2/c1-15(9-11-3-7-14-8-4-11)10-13(5-6-13)12(16)17-2/h3-4,7-8H,5-6,9-10H2,1-2H3. The lowest BCUT2D eigenvalue weighted by Crippen LogP contribution is -2.32. The Hall–Kier alpha value is -1.42. The first-order valence-electron chi connectivity index (χ1n) is 5.82. The number of aromatic nitrogens is 1. The second kappa shape index (κ2) is 4.84. The molecular weight excluding hydrogens is 216 g/mol. The highest BCUT2D eigenvalue weighted by molar-refractivity contribution is 5.80. The van der Waals surface area contributed by atoms with Crippen LogP contribution in [0.25, 0.3) is 0 Å². The zero-order chi connectivity index (χ0) is 12.3. The molecule has 0 unspecified atom stereocenters. The molecule has 0 atom stereocenters. The van der Waals surface area contributed by atoms with E-state index in [1.807, 2.05) is 19.2 Å². The van der Waals surface area contributed by atoms with Crippen LogP contribution >= 0.6 is 0 Å². The maximum absolute atomic E-state index is 11.6. The minimum Gasteiger partial charge on any atom is -0.469 e. The molecule has 17 heavy (non-hydrogen) atoms. The molecule has 1 heterocycles. The number of rotatable bonds is 5. The quantitative estimate of drug-likeness (QED) is 0.723. The van der Waals surface area contributed by atoms with Gasteiger partial charge in [-0.25, -0.2) is 0 Å². The van der Waals surface area contributed by atoms with Crippen molar-refractivity contribution in [3.05, 3.63) is 30.1 Å². The van der Waals surface area contributed by atoms with Crippen LogP contribution in [0, 0.1) is 5.41 Å². The van der Waals surface area contributed by atoms with Gasteiger partial charge in [0.25, 0.3) is 0 Å². The molecule has 2 rings (SSSR count). The van der Waals surface area contributed by atoms with Crippen molar-refractivity contribution >= 4 is 5.97 Å². The van der Waals surface area contributed by atoms with Gasteiger partial charge in [0.05, 0.1) is 12.5 Å². The van der Waals surface area contributed by atoms with Crippen LogP contribution in [0.5, 0.6) is 0 Å². The number of ether oxygens (including phenoxy) is 1. The van der Waals surface area contributed by atoms with Crippen molar-refractivity contribution in [2.45, 2.75) is 19.4 Å². The fourth-order valence-corrected chi connectivity index (χ4v) is 2.17. The van der Waals surface area contributed by atoms with Gasteiger partial charge in [0.1, 0.15) is 0 Å². The third-order valence-corrected chi connectivity index (χ3v) is 3.25. The Morgan fingerprint density at radius 1 is 1.47 bits per heavy atom. The van der Waals surface area contributed by atoms with E-state index < -0.39 is 0 Å². The Bertz CT molecular complexity index is 388. The van der Waals surface area contributed by atoms with Crippen molar-refractivity contribution in [3.63, 3.8) is 0 Å². The summed E-state index contributed by atoms with van der Waals surface area (Å²) >= 11 is 0. The van der Waals surface area contributed by atoms with Gasteiger partial charge >= 0.3 is 5.97 Å². The summed E-state index contributed by atoms with van der Waals surface area (Å²) in [6.45, 7) is 1.60. The Morgan fingerprint density at radius 2 is 2.12 bits per heavy atom. The number of carbonyl (C=O) groups excluding carboxylic acids is 1. The highest BCUT2D eigenvalue weighted by atomic mass is 16.5. The number of pyridine rings is 1. The second-order valence-electron chi connectivity index (χ2n) is 4.80. The van der Waals surface area contributed by atoms with E-state index in [9.17, 15) is 4.79 Å². The topological polar surface area (TPSA) is 42.4 Å². The molecule has 1 aliphatic rings. The normalized spacial score (nSPS) is 16.9. The summed E-state index contributed by atoms with van der Waals surface area (Å²) in [5, 5.41) is 0. The van der Waals surface area contributed by atoms with E-state index in [0.29, 0.717) is 0 Å².